The predicted molar refractivity (Wildman–Crippen MR) is 140 cm³/mol. The number of nitrogens with zero attached hydrogens (tertiary/aromatic N) is 2. The molecule has 1 aliphatic carbocycles. The minimum Gasteiger partial charge on any atom is -0.478 e. The molecule has 0 aromatic heterocycles. The van der Waals surface area contributed by atoms with Crippen LogP contribution in [0.2, 0.25) is 0 Å². The van der Waals surface area contributed by atoms with Gasteiger partial charge in [0.05, 0.1) is 0 Å². The molecule has 2 aliphatic heterocycles. The van der Waals surface area contributed by atoms with E-state index in [1.165, 1.54) is 32.1 Å². The van der Waals surface area contributed by atoms with E-state index in [-0.39, 0.29) is 17.9 Å². The Morgan fingerprint density at radius 2 is 1.81 bits per heavy atom. The maximum atomic E-state index is 13.7. The molecule has 3 fully saturated rings. The highest BCUT2D eigenvalue weighted by molar-refractivity contribution is 6.00. The van der Waals surface area contributed by atoms with Gasteiger partial charge in [0.1, 0.15) is 11.6 Å². The minimum atomic E-state index is -0.958. The zero-order valence-corrected chi connectivity index (χ0v) is 21.6. The lowest BCUT2D eigenvalue weighted by atomic mass is 9.79. The van der Waals surface area contributed by atoms with Crippen molar-refractivity contribution in [3.8, 4) is 0 Å². The van der Waals surface area contributed by atoms with E-state index in [1.807, 2.05) is 29.2 Å². The third kappa shape index (κ3) is 6.17. The topological polar surface area (TPSA) is 90.0 Å². The van der Waals surface area contributed by atoms with E-state index in [9.17, 15) is 14.4 Å². The van der Waals surface area contributed by atoms with Gasteiger partial charge < -0.3 is 15.3 Å². The summed E-state index contributed by atoms with van der Waals surface area (Å²) in [6, 6.07) is 7.52. The Bertz CT molecular complexity index is 944. The number of aliphatic carboxylic acids is 1. The van der Waals surface area contributed by atoms with Gasteiger partial charge in [0.15, 0.2) is 0 Å². The Morgan fingerprint density at radius 3 is 2.44 bits per heavy atom. The van der Waals surface area contributed by atoms with Gasteiger partial charge in [-0.15, -0.1) is 0 Å². The van der Waals surface area contributed by atoms with Crippen LogP contribution in [-0.2, 0) is 20.9 Å². The summed E-state index contributed by atoms with van der Waals surface area (Å²) in [4.78, 5) is 42.3. The van der Waals surface area contributed by atoms with Crippen molar-refractivity contribution >= 4 is 23.9 Å². The van der Waals surface area contributed by atoms with Gasteiger partial charge in [-0.1, -0.05) is 69.7 Å². The first-order valence-electron chi connectivity index (χ1n) is 13.8. The standard InChI is InChI=1S/C29H41N3O4/c1-2-3-17-32-27(35)25(20-23-7-5-4-6-8-23)30-28(36)29(32)15-18-31(19-16-29)21-24-11-9-22(10-12-24)13-14-26(33)34/h9-14,23,25H,2-8,15-21H2,1H3,(H,30,36)(H,33,34)/b14-13+. The quantitative estimate of drug-likeness (QED) is 0.501. The van der Waals surface area contributed by atoms with Crippen LogP contribution in [-0.4, -0.2) is 63.9 Å². The van der Waals surface area contributed by atoms with Crippen molar-refractivity contribution in [2.75, 3.05) is 19.6 Å². The summed E-state index contributed by atoms with van der Waals surface area (Å²) >= 11 is 0. The molecule has 196 valence electrons. The van der Waals surface area contributed by atoms with Crippen LogP contribution >= 0.6 is 0 Å². The van der Waals surface area contributed by atoms with Gasteiger partial charge in [0.2, 0.25) is 11.8 Å². The van der Waals surface area contributed by atoms with E-state index >= 15 is 0 Å². The normalized spacial score (nSPS) is 23.4. The molecule has 1 atom stereocenters. The van der Waals surface area contributed by atoms with Gasteiger partial charge in [0.25, 0.3) is 0 Å². The van der Waals surface area contributed by atoms with Gasteiger partial charge in [-0.3, -0.25) is 14.5 Å². The largest absolute Gasteiger partial charge is 0.478 e. The Labute approximate surface area is 214 Å². The summed E-state index contributed by atoms with van der Waals surface area (Å²) in [6.07, 6.45) is 12.8. The lowest BCUT2D eigenvalue weighted by Gasteiger charge is -2.52. The zero-order valence-electron chi connectivity index (χ0n) is 21.6. The molecule has 2 amide bonds. The monoisotopic (exact) mass is 495 g/mol. The lowest BCUT2D eigenvalue weighted by Crippen LogP contribution is -2.73. The Kier molecular flexibility index (Phi) is 8.83. The lowest BCUT2D eigenvalue weighted by molar-refractivity contribution is -0.162. The molecule has 7 heteroatoms. The van der Waals surface area contributed by atoms with Crippen molar-refractivity contribution < 1.29 is 19.5 Å². The number of piperazine rings is 1. The Morgan fingerprint density at radius 1 is 1.11 bits per heavy atom. The Hall–Kier alpha value is -2.67. The van der Waals surface area contributed by atoms with Crippen molar-refractivity contribution in [1.29, 1.82) is 0 Å². The van der Waals surface area contributed by atoms with Gasteiger partial charge >= 0.3 is 5.97 Å². The van der Waals surface area contributed by atoms with Gasteiger partial charge in [-0.05, 0) is 48.8 Å². The number of carbonyl (C=O) groups is 3. The number of amides is 2. The van der Waals surface area contributed by atoms with Crippen LogP contribution in [0.25, 0.3) is 6.08 Å². The highest BCUT2D eigenvalue weighted by Gasteiger charge is 2.53. The van der Waals surface area contributed by atoms with E-state index in [0.717, 1.165) is 56.1 Å². The average molecular weight is 496 g/mol. The molecule has 1 aromatic rings. The van der Waals surface area contributed by atoms with E-state index in [1.54, 1.807) is 6.08 Å². The van der Waals surface area contributed by atoms with Crippen molar-refractivity contribution in [3.05, 3.63) is 41.5 Å². The SMILES string of the molecule is CCCCN1C(=O)C(CC2CCCCC2)NC(=O)C12CCN(Cc1ccc(/C=C/C(=O)O)cc1)CC2. The number of carboxylic acids is 1. The van der Waals surface area contributed by atoms with Crippen molar-refractivity contribution in [2.45, 2.75) is 89.3 Å². The van der Waals surface area contributed by atoms with Crippen LogP contribution in [0.4, 0.5) is 0 Å². The summed E-state index contributed by atoms with van der Waals surface area (Å²) in [5, 5.41) is 12.0. The molecule has 1 aromatic carbocycles. The second-order valence-corrected chi connectivity index (χ2v) is 10.8. The molecule has 2 heterocycles. The first kappa shape index (κ1) is 26.4. The predicted octanol–water partition coefficient (Wildman–Crippen LogP) is 4.22. The van der Waals surface area contributed by atoms with E-state index in [2.05, 4.69) is 17.1 Å². The van der Waals surface area contributed by atoms with Gasteiger partial charge in [-0.25, -0.2) is 4.79 Å². The third-order valence-electron chi connectivity index (χ3n) is 8.33. The number of piperidine rings is 1. The number of nitrogens with one attached hydrogen (secondary N) is 1. The highest BCUT2D eigenvalue weighted by Crippen LogP contribution is 2.36. The number of carboxylic acid groups (broad SMARTS) is 1. The first-order chi connectivity index (χ1) is 17.4. The molecule has 1 unspecified atom stereocenters. The van der Waals surface area contributed by atoms with Crippen molar-refractivity contribution in [1.82, 2.24) is 15.1 Å². The molecule has 2 N–H and O–H groups in total. The molecule has 1 spiro atoms. The molecule has 1 saturated carbocycles. The van der Waals surface area contributed by atoms with Gasteiger partial charge in [0, 0.05) is 32.3 Å². The van der Waals surface area contributed by atoms with Crippen LogP contribution in [0.3, 0.4) is 0 Å². The highest BCUT2D eigenvalue weighted by atomic mass is 16.4. The van der Waals surface area contributed by atoms with Crippen LogP contribution in [0.1, 0.15) is 82.3 Å². The van der Waals surface area contributed by atoms with E-state index in [0.29, 0.717) is 25.3 Å². The maximum Gasteiger partial charge on any atom is 0.328 e. The summed E-state index contributed by atoms with van der Waals surface area (Å²) in [6.45, 7) is 5.09. The van der Waals surface area contributed by atoms with Crippen LogP contribution in [0.5, 0.6) is 0 Å². The van der Waals surface area contributed by atoms with Gasteiger partial charge in [-0.2, -0.15) is 0 Å². The molecule has 0 bridgehead atoms. The number of likely N-dealkylation sites (tertiary alicyclic amines) is 1. The second kappa shape index (κ2) is 12.0. The number of hydrogen-bond donors (Lipinski definition) is 2. The molecule has 0 radical (unpaired) electrons. The molecule has 7 nitrogen and oxygen atoms in total. The summed E-state index contributed by atoms with van der Waals surface area (Å²) in [5.41, 5.74) is 1.28. The average Bonchev–Trinajstić information content (AvgIpc) is 2.88. The number of carbonyl (C=O) groups excluding carboxylic acids is 2. The van der Waals surface area contributed by atoms with Crippen molar-refractivity contribution in [3.63, 3.8) is 0 Å². The fraction of sp³-hybridized carbons (Fsp3) is 0.621. The van der Waals surface area contributed by atoms with Crippen LogP contribution < -0.4 is 5.32 Å². The maximum absolute atomic E-state index is 13.7. The molecule has 2 saturated heterocycles. The number of hydrogen-bond acceptors (Lipinski definition) is 4. The fourth-order valence-electron chi connectivity index (χ4n) is 6.17. The first-order valence-corrected chi connectivity index (χ1v) is 13.8. The second-order valence-electron chi connectivity index (χ2n) is 10.8. The number of unbranched alkanes of at least 4 members (excludes halogenated alkanes) is 1. The smallest absolute Gasteiger partial charge is 0.328 e. The number of benzene rings is 1. The van der Waals surface area contributed by atoms with Crippen LogP contribution in [0, 0.1) is 5.92 Å². The minimum absolute atomic E-state index is 0.0493. The summed E-state index contributed by atoms with van der Waals surface area (Å²) in [7, 11) is 0. The van der Waals surface area contributed by atoms with Crippen molar-refractivity contribution in [2.24, 2.45) is 5.92 Å². The fourth-order valence-corrected chi connectivity index (χ4v) is 6.17. The zero-order chi connectivity index (χ0) is 25.5. The summed E-state index contributed by atoms with van der Waals surface area (Å²) in [5.74, 6) is -0.233. The molecule has 36 heavy (non-hydrogen) atoms. The Balaban J connectivity index is 1.39. The molecular weight excluding hydrogens is 454 g/mol. The molecule has 3 aliphatic rings. The molecular formula is C29H41N3O4. The van der Waals surface area contributed by atoms with E-state index in [4.69, 9.17) is 5.11 Å². The number of rotatable bonds is 9. The van der Waals surface area contributed by atoms with Crippen LogP contribution in [0.15, 0.2) is 30.3 Å². The van der Waals surface area contributed by atoms with E-state index < -0.39 is 11.5 Å². The third-order valence-corrected chi connectivity index (χ3v) is 8.33. The molecule has 4 rings (SSSR count). The summed E-state index contributed by atoms with van der Waals surface area (Å²) < 4.78 is 0.